The fraction of sp³-hybridized carbons (Fsp3) is 0.600. The number of rotatable bonds is 4. The van der Waals surface area contributed by atoms with Gasteiger partial charge in [0.05, 0.1) is 16.1 Å². The van der Waals surface area contributed by atoms with Crippen molar-refractivity contribution >= 4 is 16.1 Å². The van der Waals surface area contributed by atoms with Crippen LogP contribution in [0.15, 0.2) is 34.7 Å². The Morgan fingerprint density at radius 2 is 1.06 bits per heavy atom. The highest BCUT2D eigenvalue weighted by atomic mass is 28.3. The maximum atomic E-state index is 2.48. The summed E-state index contributed by atoms with van der Waals surface area (Å²) in [6.45, 7) is 14.4. The predicted octanol–water partition coefficient (Wildman–Crippen LogP) is 5.33. The molecule has 0 N–H and O–H groups in total. The van der Waals surface area contributed by atoms with Crippen molar-refractivity contribution in [2.45, 2.75) is 58.5 Å². The molecule has 0 aromatic carbocycles. The summed E-state index contributed by atoms with van der Waals surface area (Å²) >= 11 is 0. The summed E-state index contributed by atoms with van der Waals surface area (Å²) in [5.41, 5.74) is 8.16. The van der Waals surface area contributed by atoms with E-state index < -0.39 is 16.1 Å². The van der Waals surface area contributed by atoms with E-state index in [1.54, 1.807) is 11.1 Å². The van der Waals surface area contributed by atoms with Gasteiger partial charge in [0.1, 0.15) is 0 Å². The molecule has 0 atom stereocenters. The zero-order chi connectivity index (χ0) is 13.1. The highest BCUT2D eigenvalue weighted by Gasteiger charge is 2.14. The summed E-state index contributed by atoms with van der Waals surface area (Å²) in [5.74, 6) is 0. The molecule has 0 bridgehead atoms. The summed E-state index contributed by atoms with van der Waals surface area (Å²) in [4.78, 5) is 0. The van der Waals surface area contributed by atoms with Gasteiger partial charge in [-0.05, 0) is 30.4 Å². The van der Waals surface area contributed by atoms with Crippen molar-refractivity contribution in [2.75, 3.05) is 0 Å². The molecule has 0 saturated carbocycles. The van der Waals surface area contributed by atoms with Crippen LogP contribution in [0.25, 0.3) is 0 Å². The third-order valence-corrected chi connectivity index (χ3v) is 5.21. The first kappa shape index (κ1) is 14.7. The van der Waals surface area contributed by atoms with Gasteiger partial charge in [0, 0.05) is 0 Å². The van der Waals surface area contributed by atoms with E-state index >= 15 is 0 Å². The summed E-state index contributed by atoms with van der Waals surface area (Å²) < 4.78 is 0. The van der Waals surface area contributed by atoms with E-state index in [1.807, 2.05) is 0 Å². The molecule has 17 heavy (non-hydrogen) atoms. The van der Waals surface area contributed by atoms with Crippen LogP contribution in [0.2, 0.25) is 39.3 Å². The lowest BCUT2D eigenvalue weighted by Gasteiger charge is -2.10. The summed E-state index contributed by atoms with van der Waals surface area (Å²) in [6, 6.07) is 0. The number of hydrogen-bond acceptors (Lipinski definition) is 0. The number of hydrogen-bond donors (Lipinski definition) is 0. The Labute approximate surface area is 110 Å². The first-order valence-electron chi connectivity index (χ1n) is 6.78. The molecule has 0 aromatic heterocycles. The van der Waals surface area contributed by atoms with Crippen LogP contribution in [0.1, 0.15) is 19.3 Å². The SMILES string of the molecule is C[Si](C)(C)/C=C/C1=C(/C=C/[Si](C)(C)C)CCC1. The molecule has 0 saturated heterocycles. The van der Waals surface area contributed by atoms with Gasteiger partial charge in [0.15, 0.2) is 0 Å². The van der Waals surface area contributed by atoms with Gasteiger partial charge in [0.2, 0.25) is 0 Å². The summed E-state index contributed by atoms with van der Waals surface area (Å²) in [5, 5.41) is 0. The zero-order valence-electron chi connectivity index (χ0n) is 12.4. The Kier molecular flexibility index (Phi) is 4.79. The topological polar surface area (TPSA) is 0 Å². The average Bonchev–Trinajstić information content (AvgIpc) is 2.56. The maximum absolute atomic E-state index is 2.48. The quantitative estimate of drug-likeness (QED) is 0.602. The second-order valence-corrected chi connectivity index (χ2v) is 17.4. The van der Waals surface area contributed by atoms with Crippen LogP contribution >= 0.6 is 0 Å². The molecule has 1 rings (SSSR count). The average molecular weight is 265 g/mol. The Balaban J connectivity index is 2.81. The maximum Gasteiger partial charge on any atom is 0.0687 e. The second kappa shape index (κ2) is 5.53. The molecule has 0 amide bonds. The van der Waals surface area contributed by atoms with E-state index in [-0.39, 0.29) is 0 Å². The molecule has 2 heteroatoms. The van der Waals surface area contributed by atoms with Crippen LogP contribution < -0.4 is 0 Å². The minimum absolute atomic E-state index is 1.04. The third kappa shape index (κ3) is 6.22. The van der Waals surface area contributed by atoms with E-state index in [4.69, 9.17) is 0 Å². The van der Waals surface area contributed by atoms with Crippen LogP contribution in [0.3, 0.4) is 0 Å². The van der Waals surface area contributed by atoms with Crippen molar-refractivity contribution in [3.63, 3.8) is 0 Å². The van der Waals surface area contributed by atoms with E-state index in [1.165, 1.54) is 19.3 Å². The van der Waals surface area contributed by atoms with Crippen LogP contribution in [-0.2, 0) is 0 Å². The van der Waals surface area contributed by atoms with E-state index in [0.717, 1.165) is 0 Å². The Hall–Kier alpha value is -0.346. The lowest BCUT2D eigenvalue weighted by molar-refractivity contribution is 0.906. The monoisotopic (exact) mass is 264 g/mol. The van der Waals surface area contributed by atoms with Gasteiger partial charge >= 0.3 is 0 Å². The van der Waals surface area contributed by atoms with Crippen LogP contribution in [0.5, 0.6) is 0 Å². The van der Waals surface area contributed by atoms with Crippen molar-refractivity contribution in [3.8, 4) is 0 Å². The molecule has 0 unspecified atom stereocenters. The van der Waals surface area contributed by atoms with Crippen molar-refractivity contribution in [1.29, 1.82) is 0 Å². The first-order chi connectivity index (χ1) is 7.67. The molecule has 1 aliphatic carbocycles. The van der Waals surface area contributed by atoms with Gasteiger partial charge < -0.3 is 0 Å². The van der Waals surface area contributed by atoms with Gasteiger partial charge in [-0.1, -0.05) is 62.8 Å². The second-order valence-electron chi connectivity index (χ2n) is 7.30. The Bertz CT molecular complexity index is 312. The van der Waals surface area contributed by atoms with E-state index in [2.05, 4.69) is 62.8 Å². The molecule has 0 aromatic rings. The van der Waals surface area contributed by atoms with Gasteiger partial charge in [-0.2, -0.15) is 0 Å². The predicted molar refractivity (Wildman–Crippen MR) is 85.8 cm³/mol. The fourth-order valence-electron chi connectivity index (χ4n) is 1.87. The highest BCUT2D eigenvalue weighted by molar-refractivity contribution is 6.81. The molecular weight excluding hydrogens is 236 g/mol. The Morgan fingerprint density at radius 1 is 0.706 bits per heavy atom. The first-order valence-corrected chi connectivity index (χ1v) is 13.9. The minimum atomic E-state index is -1.04. The van der Waals surface area contributed by atoms with Gasteiger partial charge in [-0.25, -0.2) is 0 Å². The normalized spacial score (nSPS) is 18.9. The summed E-state index contributed by atoms with van der Waals surface area (Å²) in [7, 11) is -2.09. The van der Waals surface area contributed by atoms with E-state index in [0.29, 0.717) is 0 Å². The molecular formula is C15H28Si2. The smallest absolute Gasteiger partial charge is 0.0687 e. The molecule has 0 radical (unpaired) electrons. The van der Waals surface area contributed by atoms with Crippen LogP contribution in [0, 0.1) is 0 Å². The number of allylic oxidation sites excluding steroid dienone is 4. The van der Waals surface area contributed by atoms with E-state index in [9.17, 15) is 0 Å². The Morgan fingerprint density at radius 3 is 1.35 bits per heavy atom. The molecule has 0 nitrogen and oxygen atoms in total. The largest absolute Gasteiger partial charge is 0.0947 e. The molecule has 1 aliphatic rings. The minimum Gasteiger partial charge on any atom is -0.0947 e. The summed E-state index contributed by atoms with van der Waals surface area (Å²) in [6.07, 6.45) is 8.75. The molecule has 96 valence electrons. The van der Waals surface area contributed by atoms with Crippen molar-refractivity contribution in [1.82, 2.24) is 0 Å². The van der Waals surface area contributed by atoms with Gasteiger partial charge in [0.25, 0.3) is 0 Å². The molecule has 0 heterocycles. The molecule has 0 fully saturated rings. The van der Waals surface area contributed by atoms with Crippen LogP contribution in [0.4, 0.5) is 0 Å². The van der Waals surface area contributed by atoms with Crippen molar-refractivity contribution in [3.05, 3.63) is 34.7 Å². The highest BCUT2D eigenvalue weighted by Crippen LogP contribution is 2.28. The molecule has 0 spiro atoms. The van der Waals surface area contributed by atoms with Crippen LogP contribution in [-0.4, -0.2) is 16.1 Å². The van der Waals surface area contributed by atoms with Gasteiger partial charge in [-0.15, -0.1) is 0 Å². The molecule has 0 aliphatic heterocycles. The van der Waals surface area contributed by atoms with Gasteiger partial charge in [-0.3, -0.25) is 0 Å². The standard InChI is InChI=1S/C15H28Si2/c1-16(2,3)12-10-14-8-7-9-15(14)11-13-17(4,5)6/h10-13H,7-9H2,1-6H3/b12-10+,13-11+. The van der Waals surface area contributed by atoms with Crippen molar-refractivity contribution in [2.24, 2.45) is 0 Å². The lowest BCUT2D eigenvalue weighted by atomic mass is 10.1. The fourth-order valence-corrected chi connectivity index (χ4v) is 3.27. The third-order valence-electron chi connectivity index (χ3n) is 2.87. The lowest BCUT2D eigenvalue weighted by Crippen LogP contribution is -2.15. The zero-order valence-corrected chi connectivity index (χ0v) is 14.4. The van der Waals surface area contributed by atoms with Crippen molar-refractivity contribution < 1.29 is 0 Å².